The Balaban J connectivity index is 1.84. The second-order valence-corrected chi connectivity index (χ2v) is 6.70. The minimum absolute atomic E-state index is 0.230. The molecule has 2 N–H and O–H groups in total. The second kappa shape index (κ2) is 7.76. The molecule has 6 heteroatoms. The lowest BCUT2D eigenvalue weighted by atomic mass is 10.1. The zero-order valence-corrected chi connectivity index (χ0v) is 15.3. The van der Waals surface area contributed by atoms with E-state index in [-0.39, 0.29) is 5.91 Å². The summed E-state index contributed by atoms with van der Waals surface area (Å²) in [6.07, 6.45) is 0. The van der Waals surface area contributed by atoms with Crippen LogP contribution in [0.3, 0.4) is 0 Å². The molecule has 2 aromatic rings. The Kier molecular flexibility index (Phi) is 5.46. The predicted octanol–water partition coefficient (Wildman–Crippen LogP) is 1.94. The van der Waals surface area contributed by atoms with E-state index < -0.39 is 0 Å². The summed E-state index contributed by atoms with van der Waals surface area (Å²) in [6, 6.07) is 12.9. The number of quaternary nitrogens is 1. The molecule has 132 valence electrons. The van der Waals surface area contributed by atoms with Gasteiger partial charge in [-0.05, 0) is 30.3 Å². The lowest BCUT2D eigenvalue weighted by Crippen LogP contribution is -3.12. The highest BCUT2D eigenvalue weighted by Crippen LogP contribution is 2.28. The third-order valence-corrected chi connectivity index (χ3v) is 4.75. The standard InChI is InChI=1S/C19H22ClN3O2/c1-22-9-11-23(12-10-22)17-6-4-3-5-16(17)21-19(24)15-13-14(20)7-8-18(15)25-2/h3-8,13H,9-12H2,1-2H3,(H,21,24)/p+1. The average Bonchev–Trinajstić information content (AvgIpc) is 2.63. The van der Waals surface area contributed by atoms with Crippen LogP contribution in [0.2, 0.25) is 5.02 Å². The van der Waals surface area contributed by atoms with Gasteiger partial charge in [-0.2, -0.15) is 0 Å². The number of methoxy groups -OCH3 is 1. The van der Waals surface area contributed by atoms with Gasteiger partial charge >= 0.3 is 0 Å². The molecular formula is C19H23ClN3O2+. The fraction of sp³-hybridized carbons (Fsp3) is 0.316. The number of nitrogens with zero attached hydrogens (tertiary/aromatic N) is 1. The van der Waals surface area contributed by atoms with E-state index >= 15 is 0 Å². The van der Waals surface area contributed by atoms with E-state index in [0.29, 0.717) is 16.3 Å². The van der Waals surface area contributed by atoms with Crippen LogP contribution in [0.25, 0.3) is 0 Å². The Hall–Kier alpha value is -2.24. The summed E-state index contributed by atoms with van der Waals surface area (Å²) in [6.45, 7) is 4.12. The lowest BCUT2D eigenvalue weighted by molar-refractivity contribution is -0.880. The van der Waals surface area contributed by atoms with Gasteiger partial charge in [0.1, 0.15) is 5.75 Å². The molecule has 0 aliphatic carbocycles. The fourth-order valence-electron chi connectivity index (χ4n) is 3.03. The zero-order valence-electron chi connectivity index (χ0n) is 14.5. The quantitative estimate of drug-likeness (QED) is 0.876. The van der Waals surface area contributed by atoms with Crippen molar-refractivity contribution in [3.8, 4) is 5.75 Å². The number of benzene rings is 2. The van der Waals surface area contributed by atoms with Crippen LogP contribution in [0.1, 0.15) is 10.4 Å². The molecule has 0 radical (unpaired) electrons. The Morgan fingerprint density at radius 2 is 1.92 bits per heavy atom. The summed E-state index contributed by atoms with van der Waals surface area (Å²) in [7, 11) is 3.75. The number of amides is 1. The summed E-state index contributed by atoms with van der Waals surface area (Å²) in [4.78, 5) is 16.6. The zero-order chi connectivity index (χ0) is 17.8. The first-order valence-electron chi connectivity index (χ1n) is 8.38. The third-order valence-electron chi connectivity index (χ3n) is 4.52. The van der Waals surface area contributed by atoms with Crippen LogP contribution < -0.4 is 19.9 Å². The summed E-state index contributed by atoms with van der Waals surface area (Å²) in [5.74, 6) is 0.272. The van der Waals surface area contributed by atoms with Crippen molar-refractivity contribution in [3.63, 3.8) is 0 Å². The Morgan fingerprint density at radius 1 is 1.20 bits per heavy atom. The number of likely N-dealkylation sites (N-methyl/N-ethyl adjacent to an activating group) is 1. The van der Waals surface area contributed by atoms with Gasteiger partial charge in [-0.25, -0.2) is 0 Å². The molecule has 3 rings (SSSR count). The summed E-state index contributed by atoms with van der Waals surface area (Å²) in [5, 5.41) is 3.51. The molecule has 1 aliphatic rings. The molecule has 0 spiro atoms. The predicted molar refractivity (Wildman–Crippen MR) is 101 cm³/mol. The van der Waals surface area contributed by atoms with Gasteiger partial charge in [-0.1, -0.05) is 23.7 Å². The van der Waals surface area contributed by atoms with Crippen LogP contribution in [-0.2, 0) is 0 Å². The molecule has 1 amide bonds. The Labute approximate surface area is 153 Å². The highest BCUT2D eigenvalue weighted by Gasteiger charge is 2.21. The molecule has 2 aromatic carbocycles. The summed E-state index contributed by atoms with van der Waals surface area (Å²) < 4.78 is 5.28. The minimum atomic E-state index is -0.230. The molecule has 0 unspecified atom stereocenters. The Bertz CT molecular complexity index is 758. The largest absolute Gasteiger partial charge is 0.496 e. The number of anilines is 2. The number of halogens is 1. The van der Waals surface area contributed by atoms with Crippen molar-refractivity contribution >= 4 is 28.9 Å². The first kappa shape index (κ1) is 17.6. The van der Waals surface area contributed by atoms with Crippen LogP contribution in [0.5, 0.6) is 5.75 Å². The van der Waals surface area contributed by atoms with Crippen molar-refractivity contribution in [1.29, 1.82) is 0 Å². The van der Waals surface area contributed by atoms with Crippen LogP contribution in [-0.4, -0.2) is 46.2 Å². The molecule has 0 bridgehead atoms. The van der Waals surface area contributed by atoms with Crippen molar-refractivity contribution in [3.05, 3.63) is 53.1 Å². The van der Waals surface area contributed by atoms with E-state index in [4.69, 9.17) is 16.3 Å². The van der Waals surface area contributed by atoms with E-state index in [1.54, 1.807) is 25.3 Å². The van der Waals surface area contributed by atoms with Gasteiger partial charge < -0.3 is 19.9 Å². The lowest BCUT2D eigenvalue weighted by Gasteiger charge is -2.33. The van der Waals surface area contributed by atoms with Crippen molar-refractivity contribution in [2.45, 2.75) is 0 Å². The van der Waals surface area contributed by atoms with Gasteiger partial charge in [0.25, 0.3) is 5.91 Å². The molecule has 1 heterocycles. The molecular weight excluding hydrogens is 338 g/mol. The SMILES string of the molecule is COc1ccc(Cl)cc1C(=O)Nc1ccccc1N1CC[NH+](C)CC1. The second-order valence-electron chi connectivity index (χ2n) is 6.26. The van der Waals surface area contributed by atoms with E-state index in [0.717, 1.165) is 37.6 Å². The summed E-state index contributed by atoms with van der Waals surface area (Å²) in [5.41, 5.74) is 2.27. The minimum Gasteiger partial charge on any atom is -0.496 e. The Morgan fingerprint density at radius 3 is 2.64 bits per heavy atom. The van der Waals surface area contributed by atoms with Crippen molar-refractivity contribution in [2.24, 2.45) is 0 Å². The molecule has 5 nitrogen and oxygen atoms in total. The average molecular weight is 361 g/mol. The van der Waals surface area contributed by atoms with Crippen LogP contribution in [0, 0.1) is 0 Å². The molecule has 25 heavy (non-hydrogen) atoms. The highest BCUT2D eigenvalue weighted by molar-refractivity contribution is 6.31. The number of hydrogen-bond acceptors (Lipinski definition) is 3. The van der Waals surface area contributed by atoms with Crippen LogP contribution in [0.4, 0.5) is 11.4 Å². The number of ether oxygens (including phenoxy) is 1. The van der Waals surface area contributed by atoms with E-state index in [1.165, 1.54) is 4.90 Å². The molecule has 1 aliphatic heterocycles. The normalized spacial score (nSPS) is 15.1. The highest BCUT2D eigenvalue weighted by atomic mass is 35.5. The maximum atomic E-state index is 12.8. The van der Waals surface area contributed by atoms with Gasteiger partial charge in [0.05, 0.1) is 57.3 Å². The monoisotopic (exact) mass is 360 g/mol. The topological polar surface area (TPSA) is 46.0 Å². The van der Waals surface area contributed by atoms with E-state index in [2.05, 4.69) is 17.3 Å². The first-order chi connectivity index (χ1) is 12.1. The molecule has 1 fully saturated rings. The first-order valence-corrected chi connectivity index (χ1v) is 8.76. The maximum absolute atomic E-state index is 12.8. The molecule has 1 saturated heterocycles. The number of rotatable bonds is 4. The van der Waals surface area contributed by atoms with Crippen molar-refractivity contribution < 1.29 is 14.4 Å². The van der Waals surface area contributed by atoms with Crippen LogP contribution in [0.15, 0.2) is 42.5 Å². The van der Waals surface area contributed by atoms with Gasteiger partial charge in [0, 0.05) is 5.02 Å². The maximum Gasteiger partial charge on any atom is 0.259 e. The third kappa shape index (κ3) is 4.06. The summed E-state index contributed by atoms with van der Waals surface area (Å²) >= 11 is 6.04. The van der Waals surface area contributed by atoms with E-state index in [9.17, 15) is 4.79 Å². The van der Waals surface area contributed by atoms with Gasteiger partial charge in [-0.15, -0.1) is 0 Å². The van der Waals surface area contributed by atoms with E-state index in [1.807, 2.05) is 24.3 Å². The number of para-hydroxylation sites is 2. The van der Waals surface area contributed by atoms with Crippen molar-refractivity contribution in [2.75, 3.05) is 50.6 Å². The molecule has 0 atom stereocenters. The smallest absolute Gasteiger partial charge is 0.259 e. The number of carbonyl (C=O) groups is 1. The fourth-order valence-corrected chi connectivity index (χ4v) is 3.20. The van der Waals surface area contributed by atoms with Gasteiger partial charge in [0.15, 0.2) is 0 Å². The molecule has 0 saturated carbocycles. The number of carbonyl (C=O) groups excluding carboxylic acids is 1. The van der Waals surface area contributed by atoms with Gasteiger partial charge in [0.2, 0.25) is 0 Å². The number of nitrogens with one attached hydrogen (secondary N) is 2. The van der Waals surface area contributed by atoms with Crippen LogP contribution >= 0.6 is 11.6 Å². The van der Waals surface area contributed by atoms with Gasteiger partial charge in [-0.3, -0.25) is 4.79 Å². The number of hydrogen-bond donors (Lipinski definition) is 2. The van der Waals surface area contributed by atoms with Crippen molar-refractivity contribution in [1.82, 2.24) is 0 Å². The number of piperazine rings is 1. The molecule has 0 aromatic heterocycles.